The van der Waals surface area contributed by atoms with Gasteiger partial charge in [0.25, 0.3) is 10.0 Å². The second-order valence-corrected chi connectivity index (χ2v) is 7.84. The van der Waals surface area contributed by atoms with Crippen molar-refractivity contribution in [1.29, 1.82) is 0 Å². The average molecular weight is 368 g/mol. The molecule has 3 aromatic rings. The number of nitrogens with one attached hydrogen (secondary N) is 1. The Morgan fingerprint density at radius 2 is 1.75 bits per heavy atom. The van der Waals surface area contributed by atoms with Gasteiger partial charge in [-0.15, -0.1) is 11.3 Å². The number of benzene rings is 2. The zero-order valence-electron chi connectivity index (χ0n) is 10.2. The van der Waals surface area contributed by atoms with Crippen molar-refractivity contribution in [2.45, 2.75) is 4.21 Å². The third-order valence-corrected chi connectivity index (χ3v) is 6.90. The summed E-state index contributed by atoms with van der Waals surface area (Å²) in [5, 5.41) is 3.62. The van der Waals surface area contributed by atoms with Crippen molar-refractivity contribution in [1.82, 2.24) is 0 Å². The molecule has 0 bridgehead atoms. The van der Waals surface area contributed by atoms with Crippen LogP contribution in [0.3, 0.4) is 0 Å². The number of rotatable bonds is 3. The van der Waals surface area contributed by atoms with E-state index in [4.69, 9.17) is 0 Å². The van der Waals surface area contributed by atoms with Gasteiger partial charge in [0.1, 0.15) is 0 Å². The van der Waals surface area contributed by atoms with E-state index in [0.29, 0.717) is 10.2 Å². The van der Waals surface area contributed by atoms with Crippen LogP contribution in [0.5, 0.6) is 0 Å². The Kier molecular flexibility index (Phi) is 3.54. The van der Waals surface area contributed by atoms with Crippen LogP contribution in [0.15, 0.2) is 62.6 Å². The van der Waals surface area contributed by atoms with Crippen molar-refractivity contribution in [2.75, 3.05) is 4.72 Å². The number of thiophene rings is 1. The predicted molar refractivity (Wildman–Crippen MR) is 86.8 cm³/mol. The summed E-state index contributed by atoms with van der Waals surface area (Å²) in [5.41, 5.74) is 0.586. The molecule has 3 nitrogen and oxygen atoms in total. The molecule has 1 N–H and O–H groups in total. The molecule has 0 aliphatic heterocycles. The monoisotopic (exact) mass is 367 g/mol. The Bertz CT molecular complexity index is 866. The van der Waals surface area contributed by atoms with Gasteiger partial charge in [-0.25, -0.2) is 8.42 Å². The van der Waals surface area contributed by atoms with Crippen molar-refractivity contribution in [3.63, 3.8) is 0 Å². The lowest BCUT2D eigenvalue weighted by Gasteiger charge is -2.09. The van der Waals surface area contributed by atoms with E-state index < -0.39 is 10.0 Å². The first-order valence-corrected chi connectivity index (χ1v) is 8.97. The molecule has 0 saturated heterocycles. The predicted octanol–water partition coefficient (Wildman–Crippen LogP) is 4.46. The summed E-state index contributed by atoms with van der Waals surface area (Å²) < 4.78 is 28.3. The zero-order chi connectivity index (χ0) is 14.2. The SMILES string of the molecule is O=S(=O)(Nc1cccc2ccccc12)c1sccc1Br. The molecule has 0 spiro atoms. The van der Waals surface area contributed by atoms with E-state index in [1.54, 1.807) is 17.5 Å². The van der Waals surface area contributed by atoms with E-state index in [1.807, 2.05) is 36.4 Å². The van der Waals surface area contributed by atoms with E-state index in [1.165, 1.54) is 11.3 Å². The van der Waals surface area contributed by atoms with Crippen LogP contribution in [0.4, 0.5) is 5.69 Å². The molecule has 0 saturated carbocycles. The molecule has 3 rings (SSSR count). The van der Waals surface area contributed by atoms with Crippen molar-refractivity contribution < 1.29 is 8.42 Å². The van der Waals surface area contributed by atoms with E-state index >= 15 is 0 Å². The Morgan fingerprint density at radius 1 is 1.00 bits per heavy atom. The van der Waals surface area contributed by atoms with E-state index in [0.717, 1.165) is 10.8 Å². The molecular formula is C14H10BrNO2S2. The Morgan fingerprint density at radius 3 is 2.50 bits per heavy atom. The second-order valence-electron chi connectivity index (χ2n) is 4.19. The van der Waals surface area contributed by atoms with Crippen molar-refractivity contribution >= 4 is 53.7 Å². The summed E-state index contributed by atoms with van der Waals surface area (Å²) in [4.78, 5) is 0. The Hall–Kier alpha value is -1.37. The minimum Gasteiger partial charge on any atom is -0.278 e. The van der Waals surface area contributed by atoms with Crippen LogP contribution in [-0.2, 0) is 10.0 Å². The number of fused-ring (bicyclic) bond motifs is 1. The fraction of sp³-hybridized carbons (Fsp3) is 0. The smallest absolute Gasteiger partial charge is 0.272 e. The molecule has 1 heterocycles. The molecule has 0 radical (unpaired) electrons. The van der Waals surface area contributed by atoms with Gasteiger partial charge in [0.15, 0.2) is 4.21 Å². The highest BCUT2D eigenvalue weighted by Gasteiger charge is 2.19. The molecule has 0 aliphatic carbocycles. The number of anilines is 1. The highest BCUT2D eigenvalue weighted by atomic mass is 79.9. The fourth-order valence-electron chi connectivity index (χ4n) is 1.98. The first-order chi connectivity index (χ1) is 9.58. The number of sulfonamides is 1. The van der Waals surface area contributed by atoms with Gasteiger partial charge in [-0.1, -0.05) is 36.4 Å². The third-order valence-electron chi connectivity index (χ3n) is 2.86. The molecule has 102 valence electrons. The van der Waals surface area contributed by atoms with Crippen LogP contribution in [0, 0.1) is 0 Å². The van der Waals surface area contributed by atoms with Gasteiger partial charge < -0.3 is 0 Å². The third kappa shape index (κ3) is 2.46. The standard InChI is InChI=1S/C14H10BrNO2S2/c15-12-8-9-19-14(12)20(17,18)16-13-7-3-5-10-4-1-2-6-11(10)13/h1-9,16H. The summed E-state index contributed by atoms with van der Waals surface area (Å²) in [7, 11) is -3.57. The molecule has 0 unspecified atom stereocenters. The van der Waals surface area contributed by atoms with Gasteiger partial charge in [0, 0.05) is 9.86 Å². The van der Waals surface area contributed by atoms with Crippen LogP contribution >= 0.6 is 27.3 Å². The number of hydrogen-bond donors (Lipinski definition) is 1. The maximum atomic E-state index is 12.4. The maximum Gasteiger partial charge on any atom is 0.272 e. The molecule has 20 heavy (non-hydrogen) atoms. The summed E-state index contributed by atoms with van der Waals surface area (Å²) in [6, 6.07) is 14.9. The first kappa shape index (κ1) is 13.6. The van der Waals surface area contributed by atoms with Crippen LogP contribution in [0.2, 0.25) is 0 Å². The zero-order valence-corrected chi connectivity index (χ0v) is 13.4. The van der Waals surface area contributed by atoms with Crippen LogP contribution < -0.4 is 4.72 Å². The highest BCUT2D eigenvalue weighted by Crippen LogP contribution is 2.31. The van der Waals surface area contributed by atoms with E-state index in [9.17, 15) is 8.42 Å². The minimum atomic E-state index is -3.57. The normalized spacial score (nSPS) is 11.7. The molecule has 0 fully saturated rings. The Labute approximate surface area is 129 Å². The summed E-state index contributed by atoms with van der Waals surface area (Å²) in [6.45, 7) is 0. The summed E-state index contributed by atoms with van der Waals surface area (Å²) in [6.07, 6.45) is 0. The highest BCUT2D eigenvalue weighted by molar-refractivity contribution is 9.10. The van der Waals surface area contributed by atoms with Crippen LogP contribution in [0.1, 0.15) is 0 Å². The van der Waals surface area contributed by atoms with E-state index in [2.05, 4.69) is 20.7 Å². The van der Waals surface area contributed by atoms with Crippen molar-refractivity contribution in [3.05, 3.63) is 58.4 Å². The summed E-state index contributed by atoms with van der Waals surface area (Å²) in [5.74, 6) is 0. The van der Waals surface area contributed by atoms with E-state index in [-0.39, 0.29) is 4.21 Å². The number of hydrogen-bond acceptors (Lipinski definition) is 3. The van der Waals surface area contributed by atoms with Crippen molar-refractivity contribution in [2.24, 2.45) is 0 Å². The largest absolute Gasteiger partial charge is 0.278 e. The van der Waals surface area contributed by atoms with Crippen molar-refractivity contribution in [3.8, 4) is 0 Å². The lowest BCUT2D eigenvalue weighted by Crippen LogP contribution is -2.12. The van der Waals surface area contributed by atoms with Gasteiger partial charge in [-0.3, -0.25) is 4.72 Å². The van der Waals surface area contributed by atoms with Crippen LogP contribution in [0.25, 0.3) is 10.8 Å². The topological polar surface area (TPSA) is 46.2 Å². The fourth-order valence-corrected chi connectivity index (χ4v) is 5.40. The number of halogens is 1. The molecule has 1 aromatic heterocycles. The van der Waals surface area contributed by atoms with Crippen LogP contribution in [-0.4, -0.2) is 8.42 Å². The average Bonchev–Trinajstić information content (AvgIpc) is 2.86. The molecule has 2 aromatic carbocycles. The lowest BCUT2D eigenvalue weighted by atomic mass is 10.1. The molecule has 0 atom stereocenters. The first-order valence-electron chi connectivity index (χ1n) is 5.81. The van der Waals surface area contributed by atoms with Gasteiger partial charge in [0.05, 0.1) is 5.69 Å². The quantitative estimate of drug-likeness (QED) is 0.742. The molecule has 0 aliphatic rings. The van der Waals surface area contributed by atoms with Gasteiger partial charge in [-0.05, 0) is 38.8 Å². The molecule has 6 heteroatoms. The minimum absolute atomic E-state index is 0.283. The summed E-state index contributed by atoms with van der Waals surface area (Å²) >= 11 is 4.44. The van der Waals surface area contributed by atoms with Gasteiger partial charge >= 0.3 is 0 Å². The lowest BCUT2D eigenvalue weighted by molar-refractivity contribution is 0.603. The molecular weight excluding hydrogens is 358 g/mol. The van der Waals surface area contributed by atoms with Gasteiger partial charge in [0.2, 0.25) is 0 Å². The molecule has 0 amide bonds. The van der Waals surface area contributed by atoms with Gasteiger partial charge in [-0.2, -0.15) is 0 Å². The second kappa shape index (κ2) is 5.20. The maximum absolute atomic E-state index is 12.4. The Balaban J connectivity index is 2.08.